The summed E-state index contributed by atoms with van der Waals surface area (Å²) < 4.78 is 4.49. The molecule has 0 aliphatic heterocycles. The molecule has 2 rings (SSSR count). The maximum atomic E-state index is 9.12. The number of phenols is 1. The van der Waals surface area contributed by atoms with E-state index in [0.717, 1.165) is 5.56 Å². The maximum Gasteiger partial charge on any atom is 0.139 e. The molecule has 0 saturated carbocycles. The van der Waals surface area contributed by atoms with Crippen LogP contribution in [0.2, 0.25) is 0 Å². The lowest BCUT2D eigenvalue weighted by Crippen LogP contribution is -1.75. The number of fused-ring (bicyclic) bond motifs is 1. The van der Waals surface area contributed by atoms with Gasteiger partial charge in [0.1, 0.15) is 16.8 Å². The molecule has 11 heavy (non-hydrogen) atoms. The molecular formula is C7H6N2O2. The van der Waals surface area contributed by atoms with Gasteiger partial charge in [0.05, 0.1) is 0 Å². The Hall–Kier alpha value is -1.58. The van der Waals surface area contributed by atoms with Crippen LogP contribution in [0.1, 0.15) is 5.56 Å². The molecule has 0 fully saturated rings. The van der Waals surface area contributed by atoms with Crippen LogP contribution in [0, 0.1) is 6.92 Å². The van der Waals surface area contributed by atoms with Crippen LogP contribution in [-0.2, 0) is 0 Å². The zero-order chi connectivity index (χ0) is 7.84. The highest BCUT2D eigenvalue weighted by atomic mass is 16.6. The van der Waals surface area contributed by atoms with Crippen molar-refractivity contribution in [1.29, 1.82) is 0 Å². The Morgan fingerprint density at radius 3 is 3.00 bits per heavy atom. The first-order valence-electron chi connectivity index (χ1n) is 3.19. The fourth-order valence-corrected chi connectivity index (χ4v) is 1.04. The Balaban J connectivity index is 2.91. The van der Waals surface area contributed by atoms with Gasteiger partial charge in [-0.25, -0.2) is 4.63 Å². The van der Waals surface area contributed by atoms with Crippen LogP contribution < -0.4 is 0 Å². The molecule has 56 valence electrons. The van der Waals surface area contributed by atoms with Crippen molar-refractivity contribution in [3.05, 3.63) is 17.7 Å². The van der Waals surface area contributed by atoms with Crippen molar-refractivity contribution in [3.8, 4) is 5.75 Å². The van der Waals surface area contributed by atoms with Crippen LogP contribution >= 0.6 is 0 Å². The van der Waals surface area contributed by atoms with Crippen LogP contribution in [-0.4, -0.2) is 15.4 Å². The van der Waals surface area contributed by atoms with Gasteiger partial charge in [0.25, 0.3) is 0 Å². The molecule has 1 aromatic carbocycles. The van der Waals surface area contributed by atoms with E-state index in [9.17, 15) is 0 Å². The summed E-state index contributed by atoms with van der Waals surface area (Å²) in [5, 5.41) is 16.4. The second kappa shape index (κ2) is 1.95. The largest absolute Gasteiger partial charge is 0.508 e. The van der Waals surface area contributed by atoms with Crippen molar-refractivity contribution in [3.63, 3.8) is 0 Å². The predicted octanol–water partition coefficient (Wildman–Crippen LogP) is 1.24. The van der Waals surface area contributed by atoms with Crippen LogP contribution in [0.5, 0.6) is 5.75 Å². The molecule has 4 nitrogen and oxygen atoms in total. The third kappa shape index (κ3) is 0.832. The summed E-state index contributed by atoms with van der Waals surface area (Å²) in [5.41, 5.74) is 2.14. The lowest BCUT2D eigenvalue weighted by molar-refractivity contribution is 0.315. The third-order valence-corrected chi connectivity index (χ3v) is 1.54. The van der Waals surface area contributed by atoms with Crippen molar-refractivity contribution >= 4 is 11.0 Å². The van der Waals surface area contributed by atoms with Crippen LogP contribution in [0.3, 0.4) is 0 Å². The molecule has 0 saturated heterocycles. The first kappa shape index (κ1) is 6.15. The van der Waals surface area contributed by atoms with Crippen molar-refractivity contribution in [2.24, 2.45) is 0 Å². The molecule has 1 heterocycles. The third-order valence-electron chi connectivity index (χ3n) is 1.54. The van der Waals surface area contributed by atoms with Crippen LogP contribution in [0.25, 0.3) is 11.0 Å². The van der Waals surface area contributed by atoms with Gasteiger partial charge in [0.2, 0.25) is 0 Å². The highest BCUT2D eigenvalue weighted by Gasteiger charge is 2.04. The average Bonchev–Trinajstić information content (AvgIpc) is 2.34. The van der Waals surface area contributed by atoms with Gasteiger partial charge in [-0.05, 0) is 28.9 Å². The molecule has 0 bridgehead atoms. The van der Waals surface area contributed by atoms with Crippen molar-refractivity contribution in [2.45, 2.75) is 6.92 Å². The topological polar surface area (TPSA) is 59.2 Å². The number of benzene rings is 1. The molecule has 0 aliphatic carbocycles. The second-order valence-electron chi connectivity index (χ2n) is 2.39. The van der Waals surface area contributed by atoms with Gasteiger partial charge in [-0.2, -0.15) is 0 Å². The van der Waals surface area contributed by atoms with E-state index in [2.05, 4.69) is 14.9 Å². The molecule has 2 aromatic rings. The molecule has 4 heteroatoms. The normalized spacial score (nSPS) is 10.6. The quantitative estimate of drug-likeness (QED) is 0.613. The zero-order valence-corrected chi connectivity index (χ0v) is 5.90. The van der Waals surface area contributed by atoms with E-state index in [-0.39, 0.29) is 5.75 Å². The lowest BCUT2D eigenvalue weighted by Gasteiger charge is -1.92. The van der Waals surface area contributed by atoms with E-state index in [1.807, 2.05) is 6.92 Å². The Morgan fingerprint density at radius 1 is 1.36 bits per heavy atom. The SMILES string of the molecule is Cc1cc(O)cc2nonc12. The molecule has 0 aliphatic rings. The number of phenolic OH excluding ortho intramolecular Hbond substituents is 1. The molecule has 0 spiro atoms. The fraction of sp³-hybridized carbons (Fsp3) is 0.143. The summed E-state index contributed by atoms with van der Waals surface area (Å²) in [4.78, 5) is 0. The monoisotopic (exact) mass is 150 g/mol. The van der Waals surface area contributed by atoms with E-state index in [0.29, 0.717) is 11.0 Å². The number of aromatic hydroxyl groups is 1. The summed E-state index contributed by atoms with van der Waals surface area (Å²) in [6.07, 6.45) is 0. The summed E-state index contributed by atoms with van der Waals surface area (Å²) in [7, 11) is 0. The fourth-order valence-electron chi connectivity index (χ4n) is 1.04. The Kier molecular flexibility index (Phi) is 1.09. The Bertz CT molecular complexity index is 394. The first-order chi connectivity index (χ1) is 5.27. The van der Waals surface area contributed by atoms with E-state index in [1.54, 1.807) is 6.07 Å². The second-order valence-corrected chi connectivity index (χ2v) is 2.39. The lowest BCUT2D eigenvalue weighted by atomic mass is 10.2. The summed E-state index contributed by atoms with van der Waals surface area (Å²) in [6.45, 7) is 1.84. The minimum Gasteiger partial charge on any atom is -0.508 e. The van der Waals surface area contributed by atoms with Gasteiger partial charge < -0.3 is 5.11 Å². The van der Waals surface area contributed by atoms with E-state index >= 15 is 0 Å². The molecule has 1 aromatic heterocycles. The smallest absolute Gasteiger partial charge is 0.139 e. The van der Waals surface area contributed by atoms with E-state index in [4.69, 9.17) is 5.11 Å². The molecule has 0 atom stereocenters. The number of hydrogen-bond acceptors (Lipinski definition) is 4. The van der Waals surface area contributed by atoms with Gasteiger partial charge in [-0.15, -0.1) is 0 Å². The summed E-state index contributed by atoms with van der Waals surface area (Å²) in [5.74, 6) is 0.186. The van der Waals surface area contributed by atoms with E-state index < -0.39 is 0 Å². The minimum absolute atomic E-state index is 0.186. The number of aromatic nitrogens is 2. The van der Waals surface area contributed by atoms with Gasteiger partial charge >= 0.3 is 0 Å². The molecule has 1 N–H and O–H groups in total. The summed E-state index contributed by atoms with van der Waals surface area (Å²) >= 11 is 0. The van der Waals surface area contributed by atoms with Crippen LogP contribution in [0.15, 0.2) is 16.8 Å². The maximum absolute atomic E-state index is 9.12. The first-order valence-corrected chi connectivity index (χ1v) is 3.19. The number of nitrogens with zero attached hydrogens (tertiary/aromatic N) is 2. The minimum atomic E-state index is 0.186. The molecule has 0 radical (unpaired) electrons. The Morgan fingerprint density at radius 2 is 2.18 bits per heavy atom. The molecule has 0 amide bonds. The average molecular weight is 150 g/mol. The number of hydrogen-bond donors (Lipinski definition) is 1. The number of aryl methyl sites for hydroxylation is 1. The van der Waals surface area contributed by atoms with Gasteiger partial charge in [-0.1, -0.05) is 0 Å². The van der Waals surface area contributed by atoms with Crippen molar-refractivity contribution in [1.82, 2.24) is 10.3 Å². The predicted molar refractivity (Wildman–Crippen MR) is 38.2 cm³/mol. The standard InChI is InChI=1S/C7H6N2O2/c1-4-2-5(10)3-6-7(4)9-11-8-6/h2-3,10H,1H3. The highest BCUT2D eigenvalue weighted by Crippen LogP contribution is 2.20. The van der Waals surface area contributed by atoms with Gasteiger partial charge in [0, 0.05) is 6.07 Å². The highest BCUT2D eigenvalue weighted by molar-refractivity contribution is 5.78. The zero-order valence-electron chi connectivity index (χ0n) is 5.90. The van der Waals surface area contributed by atoms with E-state index in [1.165, 1.54) is 6.07 Å². The Labute approximate surface area is 62.4 Å². The number of rotatable bonds is 0. The van der Waals surface area contributed by atoms with Gasteiger partial charge in [0.15, 0.2) is 0 Å². The van der Waals surface area contributed by atoms with Gasteiger partial charge in [-0.3, -0.25) is 0 Å². The molecular weight excluding hydrogens is 144 g/mol. The van der Waals surface area contributed by atoms with Crippen molar-refractivity contribution < 1.29 is 9.74 Å². The van der Waals surface area contributed by atoms with Crippen molar-refractivity contribution in [2.75, 3.05) is 0 Å². The van der Waals surface area contributed by atoms with Crippen LogP contribution in [0.4, 0.5) is 0 Å². The molecule has 0 unspecified atom stereocenters. The summed E-state index contributed by atoms with van der Waals surface area (Å²) in [6, 6.07) is 3.13.